The number of nitrogens with one attached hydrogen (secondary N) is 2. The smallest absolute Gasteiger partial charge is 0.355 e. The molecule has 0 fully saturated rings. The molecule has 57 heavy (non-hydrogen) atoms. The molecule has 12 heteroatoms. The number of nitrogens with zero attached hydrogens (tertiary/aromatic N) is 5. The first-order chi connectivity index (χ1) is 27.6. The van der Waals surface area contributed by atoms with Gasteiger partial charge in [0.2, 0.25) is 5.91 Å². The Labute approximate surface area is 333 Å². The van der Waals surface area contributed by atoms with Crippen molar-refractivity contribution in [2.24, 2.45) is 0 Å². The monoisotopic (exact) mass is 769 g/mol. The van der Waals surface area contributed by atoms with Crippen LogP contribution < -0.4 is 15.5 Å². The Morgan fingerprint density at radius 1 is 0.965 bits per heavy atom. The SMILES string of the molecule is CCC(=O)N1c2ccccc2[C@H](Nc2ccc(-c3cnn(CCNC(=O)c4ccc(Cn5c(C(=O)OCCN(C)C)cc6c5CCCC6=O)cc4)c3)cc2)C[C@@H]1C. The zero-order valence-electron chi connectivity index (χ0n) is 33.2. The van der Waals surface area contributed by atoms with Gasteiger partial charge in [-0.15, -0.1) is 0 Å². The lowest BCUT2D eigenvalue weighted by atomic mass is 9.91. The molecule has 0 unspecified atom stereocenters. The molecule has 0 radical (unpaired) electrons. The van der Waals surface area contributed by atoms with Crippen molar-refractivity contribution in [1.82, 2.24) is 24.6 Å². The summed E-state index contributed by atoms with van der Waals surface area (Å²) in [5, 5.41) is 11.2. The van der Waals surface area contributed by atoms with Gasteiger partial charge in [0, 0.05) is 78.5 Å². The number of amides is 2. The molecule has 2 amide bonds. The Balaban J connectivity index is 0.923. The van der Waals surface area contributed by atoms with Crippen LogP contribution in [-0.4, -0.2) is 82.6 Å². The summed E-state index contributed by atoms with van der Waals surface area (Å²) in [7, 11) is 3.83. The Morgan fingerprint density at radius 3 is 2.49 bits per heavy atom. The van der Waals surface area contributed by atoms with Crippen LogP contribution in [0.1, 0.15) is 93.6 Å². The number of esters is 1. The normalized spacial score (nSPS) is 16.2. The fourth-order valence-corrected chi connectivity index (χ4v) is 7.82. The maximum absolute atomic E-state index is 13.1. The van der Waals surface area contributed by atoms with Crippen LogP contribution in [0.5, 0.6) is 0 Å². The molecule has 12 nitrogen and oxygen atoms in total. The molecule has 7 rings (SSSR count). The first-order valence-corrected chi connectivity index (χ1v) is 19.8. The number of ketones is 1. The highest BCUT2D eigenvalue weighted by atomic mass is 16.5. The fraction of sp³-hybridized carbons (Fsp3) is 0.356. The third-order valence-corrected chi connectivity index (χ3v) is 10.8. The van der Waals surface area contributed by atoms with Crippen molar-refractivity contribution >= 4 is 34.9 Å². The molecule has 0 saturated carbocycles. The molecule has 1 aliphatic heterocycles. The van der Waals surface area contributed by atoms with Crippen LogP contribution in [0, 0.1) is 0 Å². The van der Waals surface area contributed by atoms with E-state index in [1.165, 1.54) is 0 Å². The third-order valence-electron chi connectivity index (χ3n) is 10.8. The van der Waals surface area contributed by atoms with Gasteiger partial charge in [0.1, 0.15) is 12.3 Å². The molecule has 3 aromatic carbocycles. The summed E-state index contributed by atoms with van der Waals surface area (Å²) in [6.45, 7) is 6.17. The number of ether oxygens (including phenoxy) is 1. The number of carbonyl (C=O) groups excluding carboxylic acids is 4. The third kappa shape index (κ3) is 8.86. The largest absolute Gasteiger partial charge is 0.460 e. The topological polar surface area (TPSA) is 131 Å². The van der Waals surface area contributed by atoms with Crippen molar-refractivity contribution in [2.75, 3.05) is 44.0 Å². The number of anilines is 2. The molecule has 5 aromatic rings. The Kier molecular flexibility index (Phi) is 12.0. The van der Waals surface area contributed by atoms with Crippen LogP contribution in [0.25, 0.3) is 11.1 Å². The molecule has 2 atom stereocenters. The highest BCUT2D eigenvalue weighted by molar-refractivity contribution is 6.01. The van der Waals surface area contributed by atoms with Crippen molar-refractivity contribution < 1.29 is 23.9 Å². The van der Waals surface area contributed by atoms with Crippen LogP contribution >= 0.6 is 0 Å². The van der Waals surface area contributed by atoms with Gasteiger partial charge in [0.05, 0.1) is 18.8 Å². The molecule has 2 aromatic heterocycles. The van der Waals surface area contributed by atoms with Gasteiger partial charge in [-0.3, -0.25) is 19.1 Å². The highest BCUT2D eigenvalue weighted by Crippen LogP contribution is 2.39. The van der Waals surface area contributed by atoms with Crippen LogP contribution in [0.4, 0.5) is 11.4 Å². The molecule has 1 aliphatic carbocycles. The standard InChI is InChI=1S/C45H51N7O5/c1-5-43(54)52-30(2)25-38(36-9-6-7-10-40(36)52)48-35-19-17-32(18-20-35)34-27-47-50(29-34)22-21-46-44(55)33-15-13-31(14-16-33)28-51-39-11-8-12-42(53)37(39)26-41(51)45(56)57-24-23-49(3)4/h6-7,9-10,13-20,26-27,29-30,38,48H,5,8,11-12,21-25,28H2,1-4H3,(H,46,55)/t30-,38+/m0/s1. The number of rotatable bonds is 14. The van der Waals surface area contributed by atoms with E-state index in [-0.39, 0.29) is 36.3 Å². The molecule has 0 saturated heterocycles. The van der Waals surface area contributed by atoms with Gasteiger partial charge < -0.3 is 29.7 Å². The minimum Gasteiger partial charge on any atom is -0.460 e. The molecule has 3 heterocycles. The quantitative estimate of drug-likeness (QED) is 0.119. The van der Waals surface area contributed by atoms with E-state index >= 15 is 0 Å². The van der Waals surface area contributed by atoms with E-state index in [1.807, 2.05) is 82.8 Å². The van der Waals surface area contributed by atoms with Crippen molar-refractivity contribution in [1.29, 1.82) is 0 Å². The van der Waals surface area contributed by atoms with Gasteiger partial charge in [0.15, 0.2) is 5.78 Å². The number of fused-ring (bicyclic) bond motifs is 2. The number of benzene rings is 3. The number of Topliss-reactive ketones (excluding diaryl/α,β-unsaturated/α-hetero) is 1. The Bertz CT molecular complexity index is 2240. The Hall–Kier alpha value is -6.01. The number of likely N-dealkylation sites (N-methyl/N-ethyl adjacent to an activating group) is 1. The van der Waals surface area contributed by atoms with E-state index in [0.717, 1.165) is 52.2 Å². The summed E-state index contributed by atoms with van der Waals surface area (Å²) < 4.78 is 9.26. The second-order valence-corrected chi connectivity index (χ2v) is 15.2. The van der Waals surface area contributed by atoms with Gasteiger partial charge in [-0.25, -0.2) is 4.79 Å². The first-order valence-electron chi connectivity index (χ1n) is 19.8. The van der Waals surface area contributed by atoms with Crippen LogP contribution in [0.3, 0.4) is 0 Å². The summed E-state index contributed by atoms with van der Waals surface area (Å²) in [6.07, 6.45) is 7.03. The summed E-state index contributed by atoms with van der Waals surface area (Å²) in [4.78, 5) is 55.4. The molecule has 0 spiro atoms. The maximum atomic E-state index is 13.1. The van der Waals surface area contributed by atoms with Crippen LogP contribution in [-0.2, 0) is 29.0 Å². The average molecular weight is 770 g/mol. The molecule has 296 valence electrons. The summed E-state index contributed by atoms with van der Waals surface area (Å²) in [5.41, 5.74) is 8.40. The van der Waals surface area contributed by atoms with E-state index in [0.29, 0.717) is 62.3 Å². The predicted octanol–water partition coefficient (Wildman–Crippen LogP) is 6.76. The van der Waals surface area contributed by atoms with E-state index < -0.39 is 5.97 Å². The number of para-hydroxylation sites is 1. The van der Waals surface area contributed by atoms with E-state index in [2.05, 4.69) is 53.0 Å². The number of hydrogen-bond acceptors (Lipinski definition) is 8. The second-order valence-electron chi connectivity index (χ2n) is 15.2. The van der Waals surface area contributed by atoms with Crippen molar-refractivity contribution in [3.05, 3.63) is 125 Å². The van der Waals surface area contributed by atoms with Crippen molar-refractivity contribution in [3.8, 4) is 11.1 Å². The summed E-state index contributed by atoms with van der Waals surface area (Å²) in [6, 6.07) is 25.6. The molecular weight excluding hydrogens is 719 g/mol. The lowest BCUT2D eigenvalue weighted by Gasteiger charge is -2.40. The molecular formula is C45H51N7O5. The number of carbonyl (C=O) groups is 4. The van der Waals surface area contributed by atoms with Gasteiger partial charge in [-0.1, -0.05) is 49.4 Å². The van der Waals surface area contributed by atoms with Crippen molar-refractivity contribution in [3.63, 3.8) is 0 Å². The number of aromatic nitrogens is 3. The maximum Gasteiger partial charge on any atom is 0.355 e. The van der Waals surface area contributed by atoms with Gasteiger partial charge in [0.25, 0.3) is 5.91 Å². The second kappa shape index (κ2) is 17.4. The van der Waals surface area contributed by atoms with Crippen LogP contribution in [0.15, 0.2) is 91.3 Å². The first kappa shape index (κ1) is 39.2. The van der Waals surface area contributed by atoms with Crippen LogP contribution in [0.2, 0.25) is 0 Å². The zero-order valence-corrected chi connectivity index (χ0v) is 33.2. The van der Waals surface area contributed by atoms with E-state index in [4.69, 9.17) is 4.74 Å². The lowest BCUT2D eigenvalue weighted by molar-refractivity contribution is -0.118. The fourth-order valence-electron chi connectivity index (χ4n) is 7.82. The van der Waals surface area contributed by atoms with E-state index in [9.17, 15) is 19.2 Å². The van der Waals surface area contributed by atoms with Gasteiger partial charge >= 0.3 is 5.97 Å². The minimum absolute atomic E-state index is 0.0507. The molecule has 0 bridgehead atoms. The molecule has 2 aliphatic rings. The molecule has 2 N–H and O–H groups in total. The van der Waals surface area contributed by atoms with E-state index in [1.54, 1.807) is 18.2 Å². The van der Waals surface area contributed by atoms with Gasteiger partial charge in [-0.05, 0) is 93.4 Å². The highest BCUT2D eigenvalue weighted by Gasteiger charge is 2.33. The summed E-state index contributed by atoms with van der Waals surface area (Å²) in [5.74, 6) is -0.440. The summed E-state index contributed by atoms with van der Waals surface area (Å²) >= 11 is 0. The predicted molar refractivity (Wildman–Crippen MR) is 221 cm³/mol. The Morgan fingerprint density at radius 2 is 1.74 bits per heavy atom. The number of hydrogen-bond donors (Lipinski definition) is 2. The minimum atomic E-state index is -0.443. The average Bonchev–Trinajstić information content (AvgIpc) is 3.84. The van der Waals surface area contributed by atoms with Crippen molar-refractivity contribution in [2.45, 2.75) is 71.1 Å². The zero-order chi connectivity index (χ0) is 40.1. The lowest BCUT2D eigenvalue weighted by Crippen LogP contribution is -2.44. The van der Waals surface area contributed by atoms with Gasteiger partial charge in [-0.2, -0.15) is 5.10 Å².